The molecular weight excluding hydrogens is 319 g/mol. The number of nitrogens with zero attached hydrogens (tertiary/aromatic N) is 1. The molecule has 0 atom stereocenters. The van der Waals surface area contributed by atoms with Crippen LogP contribution in [0.3, 0.4) is 0 Å². The average molecular weight is 339 g/mol. The van der Waals surface area contributed by atoms with Gasteiger partial charge in [-0.25, -0.2) is 0 Å². The van der Waals surface area contributed by atoms with Crippen molar-refractivity contribution in [3.63, 3.8) is 0 Å². The molecule has 0 amide bonds. The van der Waals surface area contributed by atoms with Crippen LogP contribution < -0.4 is 4.74 Å². The van der Waals surface area contributed by atoms with Crippen molar-refractivity contribution in [1.82, 2.24) is 0 Å². The molecule has 0 aromatic heterocycles. The van der Waals surface area contributed by atoms with E-state index in [0.29, 0.717) is 12.0 Å². The van der Waals surface area contributed by atoms with E-state index in [0.717, 1.165) is 5.56 Å². The third-order valence-corrected chi connectivity index (χ3v) is 2.58. The third kappa shape index (κ3) is 8.63. The third-order valence-electron chi connectivity index (χ3n) is 2.58. The van der Waals surface area contributed by atoms with E-state index in [2.05, 4.69) is 28.0 Å². The molecule has 0 aliphatic rings. The van der Waals surface area contributed by atoms with E-state index in [1.54, 1.807) is 12.1 Å². The first-order chi connectivity index (χ1) is 11.0. The highest BCUT2D eigenvalue weighted by molar-refractivity contribution is 5.37. The lowest BCUT2D eigenvalue weighted by Gasteiger charge is -2.13. The zero-order chi connectivity index (χ0) is 17.1. The monoisotopic (exact) mass is 339 g/mol. The molecule has 0 aliphatic heterocycles. The van der Waals surface area contributed by atoms with Crippen LogP contribution in [0.2, 0.25) is 0 Å². The number of para-hydroxylation sites is 1. The highest BCUT2D eigenvalue weighted by Gasteiger charge is 2.31. The molecule has 130 valence electrons. The molecule has 0 bridgehead atoms. The van der Waals surface area contributed by atoms with Crippen LogP contribution >= 0.6 is 0 Å². The van der Waals surface area contributed by atoms with Gasteiger partial charge in [-0.05, 0) is 17.2 Å². The normalized spacial score (nSPS) is 9.62. The Morgan fingerprint density at radius 3 is 2.08 bits per heavy atom. The van der Waals surface area contributed by atoms with E-state index < -0.39 is 6.36 Å². The van der Waals surface area contributed by atoms with Gasteiger partial charge in [0, 0.05) is 13.1 Å². The van der Waals surface area contributed by atoms with Gasteiger partial charge in [-0.2, -0.15) is 0 Å². The molecule has 0 spiro atoms. The molecule has 0 radical (unpaired) electrons. The first kappa shape index (κ1) is 21.2. The first-order valence-electron chi connectivity index (χ1n) is 6.56. The Hall–Kier alpha value is -2.76. The van der Waals surface area contributed by atoms with Crippen molar-refractivity contribution in [3.8, 4) is 5.75 Å². The summed E-state index contributed by atoms with van der Waals surface area (Å²) in [4.78, 5) is 4.11. The Kier molecular flexibility index (Phi) is 9.63. The number of oxime groups is 1. The van der Waals surface area contributed by atoms with Crippen LogP contribution in [-0.2, 0) is 11.3 Å². The summed E-state index contributed by atoms with van der Waals surface area (Å²) in [6.07, 6.45) is -3.05. The Morgan fingerprint density at radius 1 is 1.00 bits per heavy atom. The van der Waals surface area contributed by atoms with E-state index in [4.69, 9.17) is 0 Å². The minimum Gasteiger partial charge on any atom is -0.405 e. The highest BCUT2D eigenvalue weighted by atomic mass is 19.4. The zero-order valence-electron chi connectivity index (χ0n) is 12.3. The van der Waals surface area contributed by atoms with Crippen LogP contribution in [-0.4, -0.2) is 13.1 Å². The minimum atomic E-state index is -4.66. The van der Waals surface area contributed by atoms with Gasteiger partial charge in [0.2, 0.25) is 0 Å². The molecule has 2 aromatic rings. The molecule has 0 aliphatic carbocycles. The number of halogens is 3. The van der Waals surface area contributed by atoms with Crippen LogP contribution in [0.1, 0.15) is 18.6 Å². The molecule has 6 heteroatoms. The summed E-state index contributed by atoms with van der Waals surface area (Å²) in [6, 6.07) is 15.5. The number of rotatable bonds is 5. The predicted octanol–water partition coefficient (Wildman–Crippen LogP) is 5.57. The van der Waals surface area contributed by atoms with Crippen molar-refractivity contribution in [2.24, 2.45) is 5.16 Å². The fraction of sp³-hybridized carbons (Fsp3) is 0.167. The molecule has 0 fully saturated rings. The van der Waals surface area contributed by atoms with Gasteiger partial charge < -0.3 is 9.57 Å². The van der Waals surface area contributed by atoms with Crippen LogP contribution in [0.4, 0.5) is 13.2 Å². The number of benzene rings is 2. The first-order valence-corrected chi connectivity index (χ1v) is 6.56. The van der Waals surface area contributed by atoms with Crippen LogP contribution in [0.25, 0.3) is 0 Å². The molecule has 0 N–H and O–H groups in total. The fourth-order valence-corrected chi connectivity index (χ4v) is 1.74. The topological polar surface area (TPSA) is 30.8 Å². The SMILES string of the molecule is C.C=CON=C.FC(F)(F)Oc1ccccc1Cc1ccccc1. The van der Waals surface area contributed by atoms with Crippen molar-refractivity contribution < 1.29 is 22.7 Å². The number of alkyl halides is 3. The van der Waals surface area contributed by atoms with Gasteiger partial charge in [-0.3, -0.25) is 0 Å². The van der Waals surface area contributed by atoms with Gasteiger partial charge in [0.25, 0.3) is 0 Å². The van der Waals surface area contributed by atoms with Gasteiger partial charge in [0.15, 0.2) is 0 Å². The molecule has 0 heterocycles. The van der Waals surface area contributed by atoms with Gasteiger partial charge >= 0.3 is 6.36 Å². The molecule has 0 unspecified atom stereocenters. The lowest BCUT2D eigenvalue weighted by atomic mass is 10.0. The highest BCUT2D eigenvalue weighted by Crippen LogP contribution is 2.27. The fourth-order valence-electron chi connectivity index (χ4n) is 1.74. The van der Waals surface area contributed by atoms with Crippen LogP contribution in [0.15, 0.2) is 72.6 Å². The second-order valence-electron chi connectivity index (χ2n) is 4.22. The summed E-state index contributed by atoms with van der Waals surface area (Å²) in [5.74, 6) is -0.145. The largest absolute Gasteiger partial charge is 0.573 e. The van der Waals surface area contributed by atoms with Crippen molar-refractivity contribution >= 4 is 6.72 Å². The van der Waals surface area contributed by atoms with Gasteiger partial charge in [-0.1, -0.05) is 67.7 Å². The molecule has 2 rings (SSSR count). The summed E-state index contributed by atoms with van der Waals surface area (Å²) in [5.41, 5.74) is 1.46. The van der Waals surface area contributed by atoms with E-state index in [1.807, 2.05) is 30.3 Å². The maximum Gasteiger partial charge on any atom is 0.573 e. The van der Waals surface area contributed by atoms with Gasteiger partial charge in [0.05, 0.1) is 0 Å². The summed E-state index contributed by atoms with van der Waals surface area (Å²) >= 11 is 0. The van der Waals surface area contributed by atoms with Gasteiger partial charge in [0.1, 0.15) is 12.0 Å². The zero-order valence-corrected chi connectivity index (χ0v) is 12.3. The standard InChI is InChI=1S/C14H11F3O.C3H5NO.CH4/c15-14(16,17)18-13-9-5-4-8-12(13)10-11-6-2-1-3-7-11;1-3-5-4-2;/h1-9H,10H2;3H,1-2H2;1H4. The number of hydrogen-bond donors (Lipinski definition) is 0. The van der Waals surface area contributed by atoms with Crippen LogP contribution in [0.5, 0.6) is 5.75 Å². The van der Waals surface area contributed by atoms with Crippen LogP contribution in [0, 0.1) is 0 Å². The van der Waals surface area contributed by atoms with Crippen molar-refractivity contribution in [2.45, 2.75) is 20.2 Å². The molecule has 3 nitrogen and oxygen atoms in total. The van der Waals surface area contributed by atoms with Crippen molar-refractivity contribution in [3.05, 3.63) is 78.6 Å². The Bertz CT molecular complexity index is 607. The molecule has 0 saturated heterocycles. The smallest absolute Gasteiger partial charge is 0.405 e. The van der Waals surface area contributed by atoms with E-state index in [1.165, 1.54) is 18.4 Å². The predicted molar refractivity (Wildman–Crippen MR) is 89.9 cm³/mol. The quantitative estimate of drug-likeness (QED) is 0.405. The molecule has 24 heavy (non-hydrogen) atoms. The Morgan fingerprint density at radius 2 is 1.58 bits per heavy atom. The Balaban J connectivity index is 0.000000777. The molecular formula is C18H20F3NO2. The summed E-state index contributed by atoms with van der Waals surface area (Å²) < 4.78 is 40.7. The lowest BCUT2D eigenvalue weighted by molar-refractivity contribution is -0.274. The van der Waals surface area contributed by atoms with Gasteiger partial charge in [-0.15, -0.1) is 13.2 Å². The number of hydrogen-bond acceptors (Lipinski definition) is 3. The Labute approximate surface area is 140 Å². The number of ether oxygens (including phenoxy) is 1. The summed E-state index contributed by atoms with van der Waals surface area (Å²) in [6.45, 7) is 6.20. The van der Waals surface area contributed by atoms with Crippen molar-refractivity contribution in [1.29, 1.82) is 0 Å². The maximum atomic E-state index is 12.2. The van der Waals surface area contributed by atoms with Crippen molar-refractivity contribution in [2.75, 3.05) is 0 Å². The summed E-state index contributed by atoms with van der Waals surface area (Å²) in [7, 11) is 0. The second-order valence-corrected chi connectivity index (χ2v) is 4.22. The minimum absolute atomic E-state index is 0. The van der Waals surface area contributed by atoms with E-state index >= 15 is 0 Å². The second kappa shape index (κ2) is 10.9. The average Bonchev–Trinajstić information content (AvgIpc) is 2.50. The maximum absolute atomic E-state index is 12.2. The lowest BCUT2D eigenvalue weighted by Crippen LogP contribution is -2.18. The molecule has 2 aromatic carbocycles. The molecule has 0 saturated carbocycles. The summed E-state index contributed by atoms with van der Waals surface area (Å²) in [5, 5.41) is 2.99. The van der Waals surface area contributed by atoms with E-state index in [-0.39, 0.29) is 13.2 Å². The van der Waals surface area contributed by atoms with E-state index in [9.17, 15) is 13.2 Å².